The molecule has 1 rings (SSSR count). The molecule has 0 fully saturated rings. The third kappa shape index (κ3) is 5.69. The molecule has 0 atom stereocenters. The SMILES string of the molecule is CC(C)NC(=O)CCNc1nc(Cl)nc(N(C)C)n1. The molecular formula is C11H19ClN6O. The normalized spacial score (nSPS) is 10.4. The summed E-state index contributed by atoms with van der Waals surface area (Å²) < 4.78 is 0. The van der Waals surface area contributed by atoms with Gasteiger partial charge in [0.05, 0.1) is 0 Å². The summed E-state index contributed by atoms with van der Waals surface area (Å²) in [5.41, 5.74) is 0. The van der Waals surface area contributed by atoms with E-state index >= 15 is 0 Å². The van der Waals surface area contributed by atoms with E-state index < -0.39 is 0 Å². The number of rotatable bonds is 6. The van der Waals surface area contributed by atoms with Crippen LogP contribution in [0.5, 0.6) is 0 Å². The molecule has 106 valence electrons. The summed E-state index contributed by atoms with van der Waals surface area (Å²) in [4.78, 5) is 25.3. The monoisotopic (exact) mass is 286 g/mol. The Bertz CT molecular complexity index is 437. The number of amides is 1. The molecule has 1 aromatic heterocycles. The first kappa shape index (κ1) is 15.4. The number of hydrogen-bond acceptors (Lipinski definition) is 6. The third-order valence-corrected chi connectivity index (χ3v) is 2.25. The molecule has 1 heterocycles. The van der Waals surface area contributed by atoms with Crippen LogP contribution < -0.4 is 15.5 Å². The van der Waals surface area contributed by atoms with E-state index in [0.29, 0.717) is 24.9 Å². The topological polar surface area (TPSA) is 83.0 Å². The summed E-state index contributed by atoms with van der Waals surface area (Å²) >= 11 is 5.80. The Labute approximate surface area is 117 Å². The van der Waals surface area contributed by atoms with Crippen LogP contribution in [0.4, 0.5) is 11.9 Å². The Kier molecular flexibility index (Phi) is 5.75. The fourth-order valence-electron chi connectivity index (χ4n) is 1.30. The predicted octanol–water partition coefficient (Wildman–Crippen LogP) is 0.918. The molecule has 1 aromatic rings. The van der Waals surface area contributed by atoms with Crippen molar-refractivity contribution in [3.8, 4) is 0 Å². The first-order chi connectivity index (χ1) is 8.88. The van der Waals surface area contributed by atoms with Gasteiger partial charge in [-0.05, 0) is 25.4 Å². The number of halogens is 1. The van der Waals surface area contributed by atoms with Crippen molar-refractivity contribution >= 4 is 29.4 Å². The number of nitrogens with one attached hydrogen (secondary N) is 2. The highest BCUT2D eigenvalue weighted by molar-refractivity contribution is 6.28. The van der Waals surface area contributed by atoms with Gasteiger partial charge in [0, 0.05) is 33.1 Å². The molecule has 0 spiro atoms. The molecule has 8 heteroatoms. The zero-order chi connectivity index (χ0) is 14.4. The fourth-order valence-corrected chi connectivity index (χ4v) is 1.46. The van der Waals surface area contributed by atoms with Gasteiger partial charge in [-0.15, -0.1) is 0 Å². The van der Waals surface area contributed by atoms with Crippen molar-refractivity contribution in [2.75, 3.05) is 30.9 Å². The lowest BCUT2D eigenvalue weighted by Crippen LogP contribution is -2.31. The van der Waals surface area contributed by atoms with Crippen molar-refractivity contribution in [1.29, 1.82) is 0 Å². The number of carbonyl (C=O) groups excluding carboxylic acids is 1. The van der Waals surface area contributed by atoms with E-state index in [-0.39, 0.29) is 17.2 Å². The van der Waals surface area contributed by atoms with Gasteiger partial charge >= 0.3 is 0 Å². The molecule has 0 aromatic carbocycles. The van der Waals surface area contributed by atoms with Crippen molar-refractivity contribution in [2.24, 2.45) is 0 Å². The Balaban J connectivity index is 2.51. The third-order valence-electron chi connectivity index (χ3n) is 2.08. The van der Waals surface area contributed by atoms with E-state index in [4.69, 9.17) is 11.6 Å². The molecule has 0 radical (unpaired) electrons. The molecule has 1 amide bonds. The summed E-state index contributed by atoms with van der Waals surface area (Å²) in [6.45, 7) is 4.27. The van der Waals surface area contributed by atoms with Crippen molar-refractivity contribution in [2.45, 2.75) is 26.3 Å². The summed E-state index contributed by atoms with van der Waals surface area (Å²) in [5.74, 6) is 0.811. The largest absolute Gasteiger partial charge is 0.354 e. The van der Waals surface area contributed by atoms with Crippen LogP contribution in [0.3, 0.4) is 0 Å². The highest BCUT2D eigenvalue weighted by Crippen LogP contribution is 2.11. The van der Waals surface area contributed by atoms with Gasteiger partial charge in [0.1, 0.15) is 0 Å². The highest BCUT2D eigenvalue weighted by Gasteiger charge is 2.07. The Morgan fingerprint density at radius 3 is 2.58 bits per heavy atom. The maximum atomic E-state index is 11.4. The number of aromatic nitrogens is 3. The Morgan fingerprint density at radius 2 is 2.00 bits per heavy atom. The smallest absolute Gasteiger partial charge is 0.230 e. The molecule has 0 aliphatic rings. The van der Waals surface area contributed by atoms with Crippen LogP contribution in [0.15, 0.2) is 0 Å². The summed E-state index contributed by atoms with van der Waals surface area (Å²) in [6.07, 6.45) is 0.346. The van der Waals surface area contributed by atoms with E-state index in [1.54, 1.807) is 4.90 Å². The zero-order valence-corrected chi connectivity index (χ0v) is 12.3. The minimum atomic E-state index is -0.0181. The lowest BCUT2D eigenvalue weighted by Gasteiger charge is -2.12. The molecule has 0 unspecified atom stereocenters. The van der Waals surface area contributed by atoms with E-state index in [0.717, 1.165) is 0 Å². The van der Waals surface area contributed by atoms with Gasteiger partial charge in [0.25, 0.3) is 0 Å². The average molecular weight is 287 g/mol. The fraction of sp³-hybridized carbons (Fsp3) is 0.636. The number of anilines is 2. The van der Waals surface area contributed by atoms with Crippen molar-refractivity contribution in [1.82, 2.24) is 20.3 Å². The lowest BCUT2D eigenvalue weighted by molar-refractivity contribution is -0.121. The second-order valence-electron chi connectivity index (χ2n) is 4.52. The van der Waals surface area contributed by atoms with Crippen molar-refractivity contribution in [3.05, 3.63) is 5.28 Å². The van der Waals surface area contributed by atoms with Gasteiger partial charge in [-0.3, -0.25) is 4.79 Å². The van der Waals surface area contributed by atoms with Gasteiger partial charge in [-0.25, -0.2) is 0 Å². The second kappa shape index (κ2) is 7.08. The van der Waals surface area contributed by atoms with Crippen LogP contribution in [0.25, 0.3) is 0 Å². The highest BCUT2D eigenvalue weighted by atomic mass is 35.5. The summed E-state index contributed by atoms with van der Waals surface area (Å²) in [7, 11) is 3.62. The van der Waals surface area contributed by atoms with Gasteiger partial charge in [-0.2, -0.15) is 15.0 Å². The first-order valence-corrected chi connectivity index (χ1v) is 6.38. The number of nitrogens with zero attached hydrogens (tertiary/aromatic N) is 4. The standard InChI is InChI=1S/C11H19ClN6O/c1-7(2)14-8(19)5-6-13-10-15-9(12)16-11(17-10)18(3)4/h7H,5-6H2,1-4H3,(H,14,19)(H,13,15,16,17). The molecular weight excluding hydrogens is 268 g/mol. The second-order valence-corrected chi connectivity index (χ2v) is 4.86. The molecule has 0 saturated heterocycles. The van der Waals surface area contributed by atoms with Crippen LogP contribution in [-0.2, 0) is 4.79 Å². The molecule has 7 nitrogen and oxygen atoms in total. The summed E-state index contributed by atoms with van der Waals surface area (Å²) in [5, 5.41) is 5.87. The molecule has 0 saturated carbocycles. The first-order valence-electron chi connectivity index (χ1n) is 6.00. The van der Waals surface area contributed by atoms with Crippen LogP contribution >= 0.6 is 11.6 Å². The van der Waals surface area contributed by atoms with Crippen molar-refractivity contribution in [3.63, 3.8) is 0 Å². The van der Waals surface area contributed by atoms with Crippen LogP contribution in [0.2, 0.25) is 5.28 Å². The van der Waals surface area contributed by atoms with Crippen LogP contribution in [-0.4, -0.2) is 47.5 Å². The van der Waals surface area contributed by atoms with Gasteiger partial charge in [-0.1, -0.05) is 0 Å². The maximum absolute atomic E-state index is 11.4. The van der Waals surface area contributed by atoms with Crippen LogP contribution in [0, 0.1) is 0 Å². The molecule has 19 heavy (non-hydrogen) atoms. The molecule has 0 aliphatic heterocycles. The van der Waals surface area contributed by atoms with E-state index in [2.05, 4.69) is 25.6 Å². The van der Waals surface area contributed by atoms with E-state index in [1.165, 1.54) is 0 Å². The Morgan fingerprint density at radius 1 is 1.32 bits per heavy atom. The van der Waals surface area contributed by atoms with E-state index in [9.17, 15) is 4.79 Å². The maximum Gasteiger partial charge on any atom is 0.230 e. The number of carbonyl (C=O) groups is 1. The minimum absolute atomic E-state index is 0.0181. The minimum Gasteiger partial charge on any atom is -0.354 e. The zero-order valence-electron chi connectivity index (χ0n) is 11.6. The van der Waals surface area contributed by atoms with Crippen LogP contribution in [0.1, 0.15) is 20.3 Å². The molecule has 2 N–H and O–H groups in total. The van der Waals surface area contributed by atoms with Gasteiger partial charge in [0.2, 0.25) is 23.1 Å². The van der Waals surface area contributed by atoms with Gasteiger partial charge in [0.15, 0.2) is 0 Å². The Hall–Kier alpha value is -1.63. The lowest BCUT2D eigenvalue weighted by atomic mass is 10.3. The van der Waals surface area contributed by atoms with E-state index in [1.807, 2.05) is 27.9 Å². The molecule has 0 aliphatic carbocycles. The van der Waals surface area contributed by atoms with Crippen molar-refractivity contribution < 1.29 is 4.79 Å². The van der Waals surface area contributed by atoms with Gasteiger partial charge < -0.3 is 15.5 Å². The number of hydrogen-bond donors (Lipinski definition) is 2. The quantitative estimate of drug-likeness (QED) is 0.809. The summed E-state index contributed by atoms with van der Waals surface area (Å²) in [6, 6.07) is 0.138. The molecule has 0 bridgehead atoms. The predicted molar refractivity (Wildman–Crippen MR) is 75.5 cm³/mol. The average Bonchev–Trinajstić information content (AvgIpc) is 2.27.